The Hall–Kier alpha value is -0.785. The van der Waals surface area contributed by atoms with Gasteiger partial charge in [0, 0.05) is 0 Å². The molecule has 0 spiro atoms. The van der Waals surface area contributed by atoms with Gasteiger partial charge in [0.15, 0.2) is 7.28 Å². The van der Waals surface area contributed by atoms with Gasteiger partial charge in [-0.2, -0.15) is 0 Å². The van der Waals surface area contributed by atoms with Crippen LogP contribution in [0.2, 0.25) is 13.6 Å². The normalized spacial score (nSPS) is 9.77. The second kappa shape index (κ2) is 3.95. The fraction of sp³-hybridized carbons (Fsp3) is 0.333. The van der Waals surface area contributed by atoms with Gasteiger partial charge >= 0.3 is 0 Å². The number of hydrogen-bond acceptors (Lipinski definition) is 1. The van der Waals surface area contributed by atoms with Crippen molar-refractivity contribution >= 4 is 38.8 Å². The molecule has 0 saturated carbocycles. The maximum Gasteiger partial charge on any atom is 0.153 e. The molecule has 0 aromatic heterocycles. The lowest BCUT2D eigenvalue weighted by Crippen LogP contribution is -2.37. The van der Waals surface area contributed by atoms with E-state index in [1.54, 1.807) is 0 Å². The van der Waals surface area contributed by atoms with Gasteiger partial charge in [0.25, 0.3) is 0 Å². The molecule has 0 saturated heterocycles. The zero-order valence-corrected chi connectivity index (χ0v) is 8.26. The highest BCUT2D eigenvalue weighted by molar-refractivity contribution is 6.63. The van der Waals surface area contributed by atoms with Gasteiger partial charge in [0.05, 0.1) is 0 Å². The summed E-state index contributed by atoms with van der Waals surface area (Å²) < 4.78 is 0. The maximum absolute atomic E-state index is 9.66. The number of phenols is 1. The van der Waals surface area contributed by atoms with Crippen LogP contribution in [-0.2, 0) is 0 Å². The molecule has 0 atom stereocenters. The van der Waals surface area contributed by atoms with E-state index in [4.69, 9.17) is 7.85 Å². The van der Waals surface area contributed by atoms with Gasteiger partial charge in [-0.25, -0.2) is 0 Å². The molecule has 4 radical (unpaired) electrons. The highest BCUT2D eigenvalue weighted by Crippen LogP contribution is 2.00. The largest absolute Gasteiger partial charge is 0.509 e. The van der Waals surface area contributed by atoms with Crippen molar-refractivity contribution in [1.82, 2.24) is 0 Å². The standard InChI is InChI=1S/C9H11B3O/c1-5-4-6(11-2)9(13)7(10)8(5)12-3/h4,13H,1-3H3. The molecule has 1 aromatic rings. The molecule has 1 N–H and O–H groups in total. The Morgan fingerprint density at radius 1 is 1.31 bits per heavy atom. The molecule has 0 bridgehead atoms. The van der Waals surface area contributed by atoms with Gasteiger partial charge in [-0.05, 0) is 12.4 Å². The highest BCUT2D eigenvalue weighted by atomic mass is 16.3. The van der Waals surface area contributed by atoms with Gasteiger partial charge < -0.3 is 5.11 Å². The predicted octanol–water partition coefficient (Wildman–Crippen LogP) is -0.750. The molecular formula is C9H11B3O. The molecule has 0 heterocycles. The molecule has 1 nitrogen and oxygen atoms in total. The van der Waals surface area contributed by atoms with E-state index in [2.05, 4.69) is 0 Å². The first kappa shape index (κ1) is 10.3. The average molecular weight is 168 g/mol. The third-order valence-electron chi connectivity index (χ3n) is 2.22. The quantitative estimate of drug-likeness (QED) is 0.575. The van der Waals surface area contributed by atoms with Crippen LogP contribution in [0.4, 0.5) is 0 Å². The van der Waals surface area contributed by atoms with Crippen molar-refractivity contribution in [3.05, 3.63) is 11.6 Å². The number of aromatic hydroxyl groups is 1. The summed E-state index contributed by atoms with van der Waals surface area (Å²) in [6, 6.07) is 1.93. The number of aryl methyl sites for hydroxylation is 1. The first-order valence-electron chi connectivity index (χ1n) is 4.32. The lowest BCUT2D eigenvalue weighted by atomic mass is 9.61. The van der Waals surface area contributed by atoms with E-state index in [1.165, 1.54) is 0 Å². The van der Waals surface area contributed by atoms with E-state index in [-0.39, 0.29) is 5.75 Å². The van der Waals surface area contributed by atoms with Gasteiger partial charge in [-0.1, -0.05) is 36.2 Å². The summed E-state index contributed by atoms with van der Waals surface area (Å²) in [7, 11) is 9.52. The second-order valence-corrected chi connectivity index (χ2v) is 3.04. The van der Waals surface area contributed by atoms with Crippen molar-refractivity contribution in [2.75, 3.05) is 0 Å². The number of benzene rings is 1. The van der Waals surface area contributed by atoms with E-state index >= 15 is 0 Å². The first-order chi connectivity index (χ1) is 6.11. The smallest absolute Gasteiger partial charge is 0.153 e. The van der Waals surface area contributed by atoms with Gasteiger partial charge in [-0.15, -0.1) is 0 Å². The third kappa shape index (κ3) is 1.77. The predicted molar refractivity (Wildman–Crippen MR) is 60.7 cm³/mol. The minimum Gasteiger partial charge on any atom is -0.509 e. The van der Waals surface area contributed by atoms with E-state index in [0.29, 0.717) is 5.46 Å². The molecule has 0 unspecified atom stereocenters. The van der Waals surface area contributed by atoms with Gasteiger partial charge in [-0.3, -0.25) is 0 Å². The second-order valence-electron chi connectivity index (χ2n) is 3.04. The van der Waals surface area contributed by atoms with Crippen molar-refractivity contribution in [1.29, 1.82) is 0 Å². The van der Waals surface area contributed by atoms with Crippen molar-refractivity contribution in [2.45, 2.75) is 20.6 Å². The summed E-state index contributed by atoms with van der Waals surface area (Å²) in [4.78, 5) is 0. The fourth-order valence-electron chi connectivity index (χ4n) is 1.48. The topological polar surface area (TPSA) is 20.2 Å². The molecular weight excluding hydrogens is 157 g/mol. The third-order valence-corrected chi connectivity index (χ3v) is 2.22. The molecule has 0 fully saturated rings. The molecule has 0 aliphatic heterocycles. The van der Waals surface area contributed by atoms with Gasteiger partial charge in [0.2, 0.25) is 0 Å². The summed E-state index contributed by atoms with van der Waals surface area (Å²) >= 11 is 0. The van der Waals surface area contributed by atoms with E-state index in [9.17, 15) is 5.11 Å². The summed E-state index contributed by atoms with van der Waals surface area (Å²) in [5.74, 6) is 0.182. The van der Waals surface area contributed by atoms with Crippen LogP contribution in [0.5, 0.6) is 5.75 Å². The summed E-state index contributed by atoms with van der Waals surface area (Å²) in [6.07, 6.45) is 0. The number of phenolic OH excluding ortho intramolecular Hbond substituents is 1. The fourth-order valence-corrected chi connectivity index (χ4v) is 1.48. The molecule has 62 valence electrons. The van der Waals surface area contributed by atoms with Crippen molar-refractivity contribution in [2.24, 2.45) is 0 Å². The summed E-state index contributed by atoms with van der Waals surface area (Å²) in [5, 5.41) is 9.66. The Morgan fingerprint density at radius 2 is 1.92 bits per heavy atom. The van der Waals surface area contributed by atoms with Crippen molar-refractivity contribution in [3.8, 4) is 5.75 Å². The highest BCUT2D eigenvalue weighted by Gasteiger charge is 2.09. The van der Waals surface area contributed by atoms with Crippen LogP contribution >= 0.6 is 0 Å². The average Bonchev–Trinajstić information content (AvgIpc) is 2.12. The Kier molecular flexibility index (Phi) is 3.13. The Labute approximate surface area is 82.4 Å². The molecule has 13 heavy (non-hydrogen) atoms. The number of rotatable bonds is 2. The van der Waals surface area contributed by atoms with Crippen LogP contribution in [0.3, 0.4) is 0 Å². The minimum absolute atomic E-state index is 0.182. The number of hydrogen-bond donors (Lipinski definition) is 1. The maximum atomic E-state index is 9.66. The molecule has 4 heteroatoms. The Balaban J connectivity index is 3.37. The first-order valence-corrected chi connectivity index (χ1v) is 4.32. The Bertz CT molecular complexity index is 323. The SMILES string of the molecule is [B]c1c(O)c([B]C)cc(C)c1[B]C. The molecule has 0 aliphatic rings. The van der Waals surface area contributed by atoms with Crippen LogP contribution in [-0.4, -0.2) is 27.5 Å². The minimum atomic E-state index is 0.182. The van der Waals surface area contributed by atoms with Crippen LogP contribution < -0.4 is 16.4 Å². The molecule has 1 aromatic carbocycles. The van der Waals surface area contributed by atoms with E-state index < -0.39 is 0 Å². The van der Waals surface area contributed by atoms with E-state index in [0.717, 1.165) is 16.5 Å². The van der Waals surface area contributed by atoms with Crippen LogP contribution in [0.1, 0.15) is 5.56 Å². The van der Waals surface area contributed by atoms with Crippen LogP contribution in [0.25, 0.3) is 0 Å². The van der Waals surface area contributed by atoms with E-state index in [1.807, 2.05) is 41.2 Å². The molecule has 1 rings (SSSR count). The molecule has 0 aliphatic carbocycles. The zero-order chi connectivity index (χ0) is 10.0. The zero-order valence-electron chi connectivity index (χ0n) is 8.26. The van der Waals surface area contributed by atoms with Crippen molar-refractivity contribution in [3.63, 3.8) is 0 Å². The lowest BCUT2D eigenvalue weighted by Gasteiger charge is -2.13. The Morgan fingerprint density at radius 3 is 2.38 bits per heavy atom. The summed E-state index contributed by atoms with van der Waals surface area (Å²) in [5.41, 5.74) is 3.27. The van der Waals surface area contributed by atoms with Crippen molar-refractivity contribution < 1.29 is 5.11 Å². The lowest BCUT2D eigenvalue weighted by molar-refractivity contribution is 0.484. The molecule has 0 amide bonds. The van der Waals surface area contributed by atoms with Crippen LogP contribution in [0, 0.1) is 6.92 Å². The van der Waals surface area contributed by atoms with Crippen LogP contribution in [0.15, 0.2) is 6.07 Å². The van der Waals surface area contributed by atoms with Gasteiger partial charge in [0.1, 0.15) is 20.9 Å². The monoisotopic (exact) mass is 168 g/mol. The summed E-state index contributed by atoms with van der Waals surface area (Å²) in [6.45, 7) is 5.77.